The zero-order valence-corrected chi connectivity index (χ0v) is 10.2. The van der Waals surface area contributed by atoms with Crippen molar-refractivity contribution in [3.63, 3.8) is 0 Å². The number of pyridine rings is 1. The molecule has 94 valence electrons. The van der Waals surface area contributed by atoms with Crippen LogP contribution in [0.15, 0.2) is 30.6 Å². The summed E-state index contributed by atoms with van der Waals surface area (Å²) in [7, 11) is 3.35. The first kappa shape index (κ1) is 12.3. The van der Waals surface area contributed by atoms with E-state index in [2.05, 4.69) is 10.1 Å². The van der Waals surface area contributed by atoms with E-state index in [1.54, 1.807) is 44.7 Å². The van der Waals surface area contributed by atoms with Gasteiger partial charge in [0, 0.05) is 26.5 Å². The van der Waals surface area contributed by atoms with Gasteiger partial charge < -0.3 is 10.0 Å². The first-order valence-electron chi connectivity index (χ1n) is 5.45. The van der Waals surface area contributed by atoms with E-state index < -0.39 is 0 Å². The first-order chi connectivity index (χ1) is 8.61. The van der Waals surface area contributed by atoms with Crippen molar-refractivity contribution < 1.29 is 9.90 Å². The van der Waals surface area contributed by atoms with E-state index >= 15 is 0 Å². The molecule has 0 aliphatic heterocycles. The molecule has 2 rings (SSSR count). The lowest BCUT2D eigenvalue weighted by atomic mass is 10.3. The van der Waals surface area contributed by atoms with Crippen LogP contribution in [0.2, 0.25) is 0 Å². The third-order valence-electron chi connectivity index (χ3n) is 2.44. The Labute approximate surface area is 104 Å². The Kier molecular flexibility index (Phi) is 3.38. The molecule has 0 saturated heterocycles. The minimum Gasteiger partial charge on any atom is -0.392 e. The molecular formula is C12H14N4O2. The number of rotatable bonds is 3. The predicted octanol–water partition coefficient (Wildman–Crippen LogP) is 0.461. The fourth-order valence-electron chi connectivity index (χ4n) is 1.44. The Morgan fingerprint density at radius 3 is 2.72 bits per heavy atom. The molecule has 0 unspecified atom stereocenters. The summed E-state index contributed by atoms with van der Waals surface area (Å²) < 4.78 is 1.53. The molecule has 6 nitrogen and oxygen atoms in total. The van der Waals surface area contributed by atoms with E-state index in [9.17, 15) is 4.79 Å². The van der Waals surface area contributed by atoms with Gasteiger partial charge in [0.2, 0.25) is 0 Å². The summed E-state index contributed by atoms with van der Waals surface area (Å²) in [5, 5.41) is 13.1. The van der Waals surface area contributed by atoms with Crippen LogP contribution in [-0.2, 0) is 6.61 Å². The predicted molar refractivity (Wildman–Crippen MR) is 65.3 cm³/mol. The Bertz CT molecular complexity index is 545. The maximum Gasteiger partial charge on any atom is 0.273 e. The molecule has 0 bridgehead atoms. The zero-order chi connectivity index (χ0) is 13.1. The van der Waals surface area contributed by atoms with Gasteiger partial charge in [0.1, 0.15) is 0 Å². The summed E-state index contributed by atoms with van der Waals surface area (Å²) >= 11 is 0. The summed E-state index contributed by atoms with van der Waals surface area (Å²) in [6, 6.07) is 5.14. The van der Waals surface area contributed by atoms with E-state index in [0.29, 0.717) is 11.5 Å². The zero-order valence-electron chi connectivity index (χ0n) is 10.2. The second kappa shape index (κ2) is 4.97. The first-order valence-corrected chi connectivity index (χ1v) is 5.45. The van der Waals surface area contributed by atoms with E-state index in [4.69, 9.17) is 5.11 Å². The van der Waals surface area contributed by atoms with Crippen molar-refractivity contribution in [2.75, 3.05) is 14.1 Å². The van der Waals surface area contributed by atoms with Gasteiger partial charge in [-0.15, -0.1) is 0 Å². The van der Waals surface area contributed by atoms with Crippen molar-refractivity contribution in [2.45, 2.75) is 6.61 Å². The van der Waals surface area contributed by atoms with E-state index in [-0.39, 0.29) is 12.5 Å². The Hall–Kier alpha value is -2.21. The highest BCUT2D eigenvalue weighted by Gasteiger charge is 2.12. The maximum atomic E-state index is 11.7. The summed E-state index contributed by atoms with van der Waals surface area (Å²) in [6.07, 6.45) is 3.25. The van der Waals surface area contributed by atoms with E-state index in [0.717, 1.165) is 5.56 Å². The Morgan fingerprint density at radius 2 is 2.17 bits per heavy atom. The highest BCUT2D eigenvalue weighted by molar-refractivity contribution is 5.91. The van der Waals surface area contributed by atoms with Gasteiger partial charge in [-0.05, 0) is 17.7 Å². The molecule has 6 heteroatoms. The molecule has 2 aromatic rings. The molecule has 0 atom stereocenters. The number of amides is 1. The number of carbonyl (C=O) groups excluding carboxylic acids is 1. The molecule has 0 saturated carbocycles. The van der Waals surface area contributed by atoms with Gasteiger partial charge in [0.05, 0.1) is 6.61 Å². The lowest BCUT2D eigenvalue weighted by Gasteiger charge is -2.06. The lowest BCUT2D eigenvalue weighted by molar-refractivity contribution is 0.0821. The second-order valence-corrected chi connectivity index (χ2v) is 4.03. The second-order valence-electron chi connectivity index (χ2n) is 4.03. The average Bonchev–Trinajstić information content (AvgIpc) is 2.87. The van der Waals surface area contributed by atoms with Crippen LogP contribution in [0.5, 0.6) is 0 Å². The summed E-state index contributed by atoms with van der Waals surface area (Å²) in [4.78, 5) is 17.3. The maximum absolute atomic E-state index is 11.7. The minimum atomic E-state index is -0.152. The third kappa shape index (κ3) is 2.38. The van der Waals surface area contributed by atoms with Gasteiger partial charge in [-0.25, -0.2) is 9.67 Å². The largest absolute Gasteiger partial charge is 0.392 e. The number of hydrogen-bond acceptors (Lipinski definition) is 4. The SMILES string of the molecule is CN(C)C(=O)c1ccn(-c2ccc(CO)cn2)n1. The molecule has 0 fully saturated rings. The van der Waals surface area contributed by atoms with Gasteiger partial charge in [-0.1, -0.05) is 6.07 Å². The molecule has 18 heavy (non-hydrogen) atoms. The molecule has 1 amide bonds. The Morgan fingerprint density at radius 1 is 1.39 bits per heavy atom. The smallest absolute Gasteiger partial charge is 0.273 e. The van der Waals surface area contributed by atoms with Crippen molar-refractivity contribution in [1.82, 2.24) is 19.7 Å². The molecule has 0 aliphatic carbocycles. The fraction of sp³-hybridized carbons (Fsp3) is 0.250. The molecule has 0 aromatic carbocycles. The van der Waals surface area contributed by atoms with Crippen LogP contribution in [0, 0.1) is 0 Å². The molecular weight excluding hydrogens is 232 g/mol. The topological polar surface area (TPSA) is 71.2 Å². The van der Waals surface area contributed by atoms with Crippen LogP contribution in [0.25, 0.3) is 5.82 Å². The average molecular weight is 246 g/mol. The number of nitrogens with zero attached hydrogens (tertiary/aromatic N) is 4. The number of carbonyl (C=O) groups is 1. The van der Waals surface area contributed by atoms with Gasteiger partial charge in [-0.2, -0.15) is 5.10 Å². The van der Waals surface area contributed by atoms with Crippen molar-refractivity contribution >= 4 is 5.91 Å². The fourth-order valence-corrected chi connectivity index (χ4v) is 1.44. The quantitative estimate of drug-likeness (QED) is 0.854. The van der Waals surface area contributed by atoms with Crippen LogP contribution in [0.3, 0.4) is 0 Å². The molecule has 0 spiro atoms. The van der Waals surface area contributed by atoms with Gasteiger partial charge >= 0.3 is 0 Å². The number of aliphatic hydroxyl groups is 1. The lowest BCUT2D eigenvalue weighted by Crippen LogP contribution is -2.22. The summed E-state index contributed by atoms with van der Waals surface area (Å²) in [5.41, 5.74) is 1.10. The minimum absolute atomic E-state index is 0.0449. The highest BCUT2D eigenvalue weighted by atomic mass is 16.3. The van der Waals surface area contributed by atoms with E-state index in [1.807, 2.05) is 0 Å². The monoisotopic (exact) mass is 246 g/mol. The van der Waals surface area contributed by atoms with Crippen LogP contribution < -0.4 is 0 Å². The van der Waals surface area contributed by atoms with Crippen LogP contribution in [0.1, 0.15) is 16.1 Å². The molecule has 0 radical (unpaired) electrons. The van der Waals surface area contributed by atoms with Gasteiger partial charge in [0.25, 0.3) is 5.91 Å². The number of aliphatic hydroxyl groups excluding tert-OH is 1. The third-order valence-corrected chi connectivity index (χ3v) is 2.44. The number of aromatic nitrogens is 3. The summed E-state index contributed by atoms with van der Waals surface area (Å²) in [5.74, 6) is 0.450. The van der Waals surface area contributed by atoms with Crippen LogP contribution in [0.4, 0.5) is 0 Å². The van der Waals surface area contributed by atoms with Crippen LogP contribution >= 0.6 is 0 Å². The standard InChI is InChI=1S/C12H14N4O2/c1-15(2)12(18)10-5-6-16(14-10)11-4-3-9(8-17)7-13-11/h3-7,17H,8H2,1-2H3. The molecule has 2 heterocycles. The molecule has 1 N–H and O–H groups in total. The van der Waals surface area contributed by atoms with Crippen molar-refractivity contribution in [3.05, 3.63) is 41.9 Å². The van der Waals surface area contributed by atoms with Crippen molar-refractivity contribution in [3.8, 4) is 5.82 Å². The molecule has 2 aromatic heterocycles. The van der Waals surface area contributed by atoms with E-state index in [1.165, 1.54) is 9.58 Å². The number of hydrogen-bond donors (Lipinski definition) is 1. The highest BCUT2D eigenvalue weighted by Crippen LogP contribution is 2.07. The Balaban J connectivity index is 2.26. The van der Waals surface area contributed by atoms with Crippen molar-refractivity contribution in [2.24, 2.45) is 0 Å². The normalized spacial score (nSPS) is 10.4. The van der Waals surface area contributed by atoms with Gasteiger partial charge in [-0.3, -0.25) is 4.79 Å². The van der Waals surface area contributed by atoms with Crippen molar-refractivity contribution in [1.29, 1.82) is 0 Å². The van der Waals surface area contributed by atoms with Gasteiger partial charge in [0.15, 0.2) is 11.5 Å². The summed E-state index contributed by atoms with van der Waals surface area (Å²) in [6.45, 7) is -0.0449. The van der Waals surface area contributed by atoms with Crippen LogP contribution in [-0.4, -0.2) is 44.8 Å². The molecule has 0 aliphatic rings.